The molecule has 0 saturated carbocycles. The van der Waals surface area contributed by atoms with Crippen molar-refractivity contribution in [1.82, 2.24) is 0 Å². The van der Waals surface area contributed by atoms with E-state index < -0.39 is 0 Å². The van der Waals surface area contributed by atoms with Crippen molar-refractivity contribution in [2.75, 3.05) is 18.6 Å². The zero-order valence-corrected chi connectivity index (χ0v) is 11.8. The van der Waals surface area contributed by atoms with Crippen molar-refractivity contribution in [3.05, 3.63) is 58.9 Å². The Balaban J connectivity index is 1.92. The minimum absolute atomic E-state index is 0.343. The van der Waals surface area contributed by atoms with E-state index in [4.69, 9.17) is 10.00 Å². The molecule has 0 N–H and O–H groups in total. The maximum atomic E-state index is 14.1. The predicted molar refractivity (Wildman–Crippen MR) is 78.9 cm³/mol. The Kier molecular flexibility index (Phi) is 3.49. The summed E-state index contributed by atoms with van der Waals surface area (Å²) in [5, 5.41) is 8.81. The lowest BCUT2D eigenvalue weighted by atomic mass is 9.98. The smallest absolute Gasteiger partial charge is 0.147 e. The van der Waals surface area contributed by atoms with E-state index in [0.29, 0.717) is 17.8 Å². The summed E-state index contributed by atoms with van der Waals surface area (Å²) in [4.78, 5) is 2.00. The quantitative estimate of drug-likeness (QED) is 0.848. The Bertz CT molecular complexity index is 721. The van der Waals surface area contributed by atoms with Gasteiger partial charge in [-0.05, 0) is 36.2 Å². The fraction of sp³-hybridized carbons (Fsp3) is 0.235. The topological polar surface area (TPSA) is 36.3 Å². The fourth-order valence-electron chi connectivity index (χ4n) is 2.80. The van der Waals surface area contributed by atoms with Crippen molar-refractivity contribution >= 4 is 5.69 Å². The van der Waals surface area contributed by atoms with Crippen LogP contribution in [0.3, 0.4) is 0 Å². The van der Waals surface area contributed by atoms with Crippen LogP contribution in [0, 0.1) is 17.1 Å². The molecule has 0 aromatic heterocycles. The number of rotatable bonds is 2. The summed E-state index contributed by atoms with van der Waals surface area (Å²) in [6.45, 7) is 1.38. The number of halogens is 1. The van der Waals surface area contributed by atoms with Crippen LogP contribution >= 0.6 is 0 Å². The summed E-state index contributed by atoms with van der Waals surface area (Å²) >= 11 is 0. The van der Waals surface area contributed by atoms with Crippen LogP contribution in [0.2, 0.25) is 0 Å². The highest BCUT2D eigenvalue weighted by molar-refractivity contribution is 5.54. The Hall–Kier alpha value is -2.54. The average molecular weight is 282 g/mol. The predicted octanol–water partition coefficient (Wildman–Crippen LogP) is 3.27. The summed E-state index contributed by atoms with van der Waals surface area (Å²) in [6.07, 6.45) is 0.818. The molecule has 1 aliphatic rings. The van der Waals surface area contributed by atoms with Crippen molar-refractivity contribution in [3.63, 3.8) is 0 Å². The highest BCUT2D eigenvalue weighted by atomic mass is 19.1. The zero-order chi connectivity index (χ0) is 14.8. The van der Waals surface area contributed by atoms with Gasteiger partial charge in [0.15, 0.2) is 0 Å². The second-order valence-corrected chi connectivity index (χ2v) is 5.05. The molecule has 2 aromatic rings. The van der Waals surface area contributed by atoms with Gasteiger partial charge in [0.05, 0.1) is 24.4 Å². The minimum Gasteiger partial charge on any atom is -0.496 e. The van der Waals surface area contributed by atoms with Crippen molar-refractivity contribution in [3.8, 4) is 11.8 Å². The maximum absolute atomic E-state index is 14.1. The number of nitrogens with zero attached hydrogens (tertiary/aromatic N) is 2. The SMILES string of the molecule is COc1cccc2c1CCN(c1ccc(C#N)cc1F)C2. The molecule has 1 aliphatic heterocycles. The average Bonchev–Trinajstić information content (AvgIpc) is 2.53. The van der Waals surface area contributed by atoms with Gasteiger partial charge in [0.1, 0.15) is 11.6 Å². The standard InChI is InChI=1S/C17H15FN2O/c1-21-17-4-2-3-13-11-20(8-7-14(13)17)16-6-5-12(10-19)9-15(16)18/h2-6,9H,7-8,11H2,1H3. The van der Waals surface area contributed by atoms with Gasteiger partial charge in [-0.3, -0.25) is 0 Å². The Morgan fingerprint density at radius 2 is 2.14 bits per heavy atom. The molecule has 4 heteroatoms. The van der Waals surface area contributed by atoms with Gasteiger partial charge in [-0.2, -0.15) is 5.26 Å². The van der Waals surface area contributed by atoms with E-state index in [9.17, 15) is 4.39 Å². The van der Waals surface area contributed by atoms with Crippen LogP contribution in [0.1, 0.15) is 16.7 Å². The Morgan fingerprint density at radius 3 is 2.86 bits per heavy atom. The number of ether oxygens (including phenoxy) is 1. The van der Waals surface area contributed by atoms with Crippen molar-refractivity contribution < 1.29 is 9.13 Å². The van der Waals surface area contributed by atoms with Crippen molar-refractivity contribution in [2.45, 2.75) is 13.0 Å². The lowest BCUT2D eigenvalue weighted by Crippen LogP contribution is -2.31. The molecular formula is C17H15FN2O. The molecule has 106 valence electrons. The number of fused-ring (bicyclic) bond motifs is 1. The fourth-order valence-corrected chi connectivity index (χ4v) is 2.80. The molecule has 0 spiro atoms. The summed E-state index contributed by atoms with van der Waals surface area (Å²) in [5.74, 6) is 0.549. The van der Waals surface area contributed by atoms with Gasteiger partial charge in [-0.15, -0.1) is 0 Å². The molecule has 0 saturated heterocycles. The number of methoxy groups -OCH3 is 1. The summed E-state index contributed by atoms with van der Waals surface area (Å²) in [6, 6.07) is 12.5. The van der Waals surface area contributed by atoms with Gasteiger partial charge in [0.25, 0.3) is 0 Å². The number of nitriles is 1. The van der Waals surface area contributed by atoms with Crippen LogP contribution in [0.5, 0.6) is 5.75 Å². The van der Waals surface area contributed by atoms with Crippen LogP contribution in [0.25, 0.3) is 0 Å². The monoisotopic (exact) mass is 282 g/mol. The number of hydrogen-bond donors (Lipinski definition) is 0. The number of benzene rings is 2. The van der Waals surface area contributed by atoms with E-state index in [2.05, 4.69) is 0 Å². The molecule has 1 heterocycles. The third kappa shape index (κ3) is 2.43. The largest absolute Gasteiger partial charge is 0.496 e. The van der Waals surface area contributed by atoms with Gasteiger partial charge in [-0.25, -0.2) is 4.39 Å². The highest BCUT2D eigenvalue weighted by Gasteiger charge is 2.21. The first kappa shape index (κ1) is 13.4. The molecule has 0 amide bonds. The third-order valence-electron chi connectivity index (χ3n) is 3.86. The van der Waals surface area contributed by atoms with Crippen molar-refractivity contribution in [1.29, 1.82) is 5.26 Å². The zero-order valence-electron chi connectivity index (χ0n) is 11.8. The van der Waals surface area contributed by atoms with Crippen LogP contribution in [-0.2, 0) is 13.0 Å². The molecule has 0 bridgehead atoms. The first-order valence-corrected chi connectivity index (χ1v) is 6.82. The van der Waals surface area contributed by atoms with Crippen LogP contribution < -0.4 is 9.64 Å². The van der Waals surface area contributed by atoms with E-state index in [1.807, 2.05) is 29.2 Å². The molecule has 0 unspecified atom stereocenters. The third-order valence-corrected chi connectivity index (χ3v) is 3.86. The van der Waals surface area contributed by atoms with Gasteiger partial charge in [0.2, 0.25) is 0 Å². The van der Waals surface area contributed by atoms with Gasteiger partial charge in [-0.1, -0.05) is 12.1 Å². The molecule has 0 fully saturated rings. The molecular weight excluding hydrogens is 267 g/mol. The molecule has 0 aliphatic carbocycles. The van der Waals surface area contributed by atoms with Crippen LogP contribution in [0.4, 0.5) is 10.1 Å². The highest BCUT2D eigenvalue weighted by Crippen LogP contribution is 2.31. The first-order chi connectivity index (χ1) is 10.2. The number of hydrogen-bond acceptors (Lipinski definition) is 3. The summed E-state index contributed by atoms with van der Waals surface area (Å²) < 4.78 is 19.5. The molecule has 21 heavy (non-hydrogen) atoms. The van der Waals surface area contributed by atoms with Crippen molar-refractivity contribution in [2.24, 2.45) is 0 Å². The summed E-state index contributed by atoms with van der Waals surface area (Å²) in [5.41, 5.74) is 3.24. The van der Waals surface area contributed by atoms with E-state index in [-0.39, 0.29) is 5.82 Å². The normalized spacial score (nSPS) is 13.5. The second kappa shape index (κ2) is 5.45. The van der Waals surface area contributed by atoms with E-state index in [1.54, 1.807) is 19.2 Å². The molecule has 3 nitrogen and oxygen atoms in total. The molecule has 0 atom stereocenters. The van der Waals surface area contributed by atoms with Crippen LogP contribution in [0.15, 0.2) is 36.4 Å². The van der Waals surface area contributed by atoms with E-state index in [0.717, 1.165) is 24.3 Å². The maximum Gasteiger partial charge on any atom is 0.147 e. The van der Waals surface area contributed by atoms with Crippen LogP contribution in [-0.4, -0.2) is 13.7 Å². The first-order valence-electron chi connectivity index (χ1n) is 6.82. The second-order valence-electron chi connectivity index (χ2n) is 5.05. The molecule has 0 radical (unpaired) electrons. The summed E-state index contributed by atoms with van der Waals surface area (Å²) in [7, 11) is 1.67. The Labute approximate surface area is 123 Å². The lowest BCUT2D eigenvalue weighted by molar-refractivity contribution is 0.407. The van der Waals surface area contributed by atoms with Gasteiger partial charge >= 0.3 is 0 Å². The molecule has 2 aromatic carbocycles. The van der Waals surface area contributed by atoms with Gasteiger partial charge in [0, 0.05) is 18.7 Å². The minimum atomic E-state index is -0.347. The van der Waals surface area contributed by atoms with Gasteiger partial charge < -0.3 is 9.64 Å². The lowest BCUT2D eigenvalue weighted by Gasteiger charge is -2.31. The number of anilines is 1. The van der Waals surface area contributed by atoms with E-state index >= 15 is 0 Å². The molecule has 3 rings (SSSR count). The Morgan fingerprint density at radius 1 is 1.29 bits per heavy atom. The van der Waals surface area contributed by atoms with E-state index in [1.165, 1.54) is 11.6 Å².